The first-order valence-corrected chi connectivity index (χ1v) is 8.98. The number of anilines is 1. The molecule has 9 heteroatoms. The van der Waals surface area contributed by atoms with E-state index in [9.17, 15) is 20.2 Å². The summed E-state index contributed by atoms with van der Waals surface area (Å²) in [5.41, 5.74) is 1.60. The lowest BCUT2D eigenvalue weighted by Gasteiger charge is -2.37. The van der Waals surface area contributed by atoms with Crippen molar-refractivity contribution in [2.75, 3.05) is 5.32 Å². The van der Waals surface area contributed by atoms with Gasteiger partial charge in [0.2, 0.25) is 0 Å². The maximum atomic E-state index is 11.5. The molecule has 0 fully saturated rings. The Morgan fingerprint density at radius 1 is 1.00 bits per heavy atom. The number of nitro groups is 2. The van der Waals surface area contributed by atoms with E-state index in [-0.39, 0.29) is 34.3 Å². The molecule has 1 aliphatic heterocycles. The first-order valence-electron chi connectivity index (χ1n) is 8.22. The lowest BCUT2D eigenvalue weighted by molar-refractivity contribution is -0.385. The second kappa shape index (κ2) is 6.51. The lowest BCUT2D eigenvalue weighted by Crippen LogP contribution is -2.30. The summed E-state index contributed by atoms with van der Waals surface area (Å²) in [4.78, 5) is 21.8. The molecule has 1 N–H and O–H groups in total. The van der Waals surface area contributed by atoms with E-state index in [4.69, 9.17) is 23.2 Å². The Kier molecular flexibility index (Phi) is 4.28. The van der Waals surface area contributed by atoms with Crippen molar-refractivity contribution >= 4 is 40.3 Å². The predicted octanol–water partition coefficient (Wildman–Crippen LogP) is 5.64. The van der Waals surface area contributed by atoms with E-state index >= 15 is 0 Å². The van der Waals surface area contributed by atoms with Crippen LogP contribution in [0.2, 0.25) is 10.0 Å². The third-order valence-corrected chi connectivity index (χ3v) is 5.80. The molecule has 0 saturated carbocycles. The normalized spacial score (nSPS) is 22.7. The Labute approximate surface area is 163 Å². The maximum absolute atomic E-state index is 11.5. The summed E-state index contributed by atoms with van der Waals surface area (Å²) in [6.07, 6.45) is 4.63. The number of allylic oxidation sites excluding steroid dienone is 2. The fourth-order valence-corrected chi connectivity index (χ4v) is 4.41. The van der Waals surface area contributed by atoms with Gasteiger partial charge < -0.3 is 5.32 Å². The van der Waals surface area contributed by atoms with E-state index in [0.717, 1.165) is 0 Å². The van der Waals surface area contributed by atoms with Crippen molar-refractivity contribution in [3.63, 3.8) is 0 Å². The van der Waals surface area contributed by atoms with Gasteiger partial charge in [-0.2, -0.15) is 0 Å². The van der Waals surface area contributed by atoms with Gasteiger partial charge in [0.05, 0.1) is 32.2 Å². The number of hydrogen-bond acceptors (Lipinski definition) is 5. The van der Waals surface area contributed by atoms with Gasteiger partial charge in [-0.25, -0.2) is 0 Å². The fourth-order valence-electron chi connectivity index (χ4n) is 4.01. The average Bonchev–Trinajstić information content (AvgIpc) is 3.11. The Hall–Kier alpha value is -2.64. The van der Waals surface area contributed by atoms with Crippen LogP contribution in [0.25, 0.3) is 0 Å². The topological polar surface area (TPSA) is 98.3 Å². The maximum Gasteiger partial charge on any atom is 0.288 e. The van der Waals surface area contributed by atoms with Crippen LogP contribution in [0, 0.1) is 26.1 Å². The monoisotopic (exact) mass is 405 g/mol. The zero-order valence-corrected chi connectivity index (χ0v) is 15.3. The van der Waals surface area contributed by atoms with E-state index < -0.39 is 9.85 Å². The zero-order chi connectivity index (χ0) is 19.3. The number of benzene rings is 2. The van der Waals surface area contributed by atoms with Crippen molar-refractivity contribution in [1.82, 2.24) is 0 Å². The van der Waals surface area contributed by atoms with Crippen molar-refractivity contribution in [3.8, 4) is 0 Å². The van der Waals surface area contributed by atoms with Crippen LogP contribution in [0.5, 0.6) is 0 Å². The van der Waals surface area contributed by atoms with Gasteiger partial charge in [-0.3, -0.25) is 20.2 Å². The predicted molar refractivity (Wildman–Crippen MR) is 103 cm³/mol. The first kappa shape index (κ1) is 17.8. The third-order valence-electron chi connectivity index (χ3n) is 5.17. The number of nitrogens with zero attached hydrogens (tertiary/aromatic N) is 2. The van der Waals surface area contributed by atoms with Crippen LogP contribution in [-0.2, 0) is 0 Å². The van der Waals surface area contributed by atoms with E-state index in [2.05, 4.69) is 5.32 Å². The molecule has 0 aromatic heterocycles. The smallest absolute Gasteiger partial charge is 0.288 e. The van der Waals surface area contributed by atoms with Gasteiger partial charge >= 0.3 is 0 Å². The number of nitro benzene ring substituents is 2. The van der Waals surface area contributed by atoms with Gasteiger partial charge in [0.25, 0.3) is 11.4 Å². The van der Waals surface area contributed by atoms with Crippen LogP contribution in [-0.4, -0.2) is 9.85 Å². The van der Waals surface area contributed by atoms with Crippen molar-refractivity contribution in [3.05, 3.63) is 83.9 Å². The first-order chi connectivity index (χ1) is 12.9. The zero-order valence-electron chi connectivity index (χ0n) is 13.8. The molecule has 27 heavy (non-hydrogen) atoms. The molecule has 0 saturated heterocycles. The summed E-state index contributed by atoms with van der Waals surface area (Å²) < 4.78 is 0. The van der Waals surface area contributed by atoms with Crippen molar-refractivity contribution < 1.29 is 9.85 Å². The highest BCUT2D eigenvalue weighted by atomic mass is 35.5. The summed E-state index contributed by atoms with van der Waals surface area (Å²) in [6.45, 7) is 0. The molecule has 3 atom stereocenters. The number of nitrogens with one attached hydrogen (secondary N) is 1. The van der Waals surface area contributed by atoms with Crippen LogP contribution in [0.15, 0.2) is 42.5 Å². The largest absolute Gasteiger partial charge is 0.376 e. The Bertz CT molecular complexity index is 1010. The molecule has 2 aromatic carbocycles. The molecule has 7 nitrogen and oxygen atoms in total. The van der Waals surface area contributed by atoms with Crippen LogP contribution >= 0.6 is 23.2 Å². The van der Waals surface area contributed by atoms with E-state index in [1.165, 1.54) is 24.3 Å². The number of rotatable bonds is 3. The lowest BCUT2D eigenvalue weighted by atomic mass is 9.76. The molecule has 4 rings (SSSR count). The molecule has 0 unspecified atom stereocenters. The van der Waals surface area contributed by atoms with Gasteiger partial charge in [-0.1, -0.05) is 41.4 Å². The summed E-state index contributed by atoms with van der Waals surface area (Å²) in [6, 6.07) is 7.31. The summed E-state index contributed by atoms with van der Waals surface area (Å²) in [5, 5.41) is 26.5. The molecule has 138 valence electrons. The molecule has 1 heterocycles. The Morgan fingerprint density at radius 3 is 2.41 bits per heavy atom. The minimum Gasteiger partial charge on any atom is -0.376 e. The average molecular weight is 406 g/mol. The van der Waals surface area contributed by atoms with Crippen LogP contribution in [0.4, 0.5) is 17.1 Å². The number of halogens is 2. The fraction of sp³-hybridized carbons (Fsp3) is 0.222. The van der Waals surface area contributed by atoms with E-state index in [0.29, 0.717) is 28.3 Å². The molecule has 0 spiro atoms. The van der Waals surface area contributed by atoms with Crippen molar-refractivity contribution in [1.29, 1.82) is 0 Å². The van der Waals surface area contributed by atoms with Gasteiger partial charge in [-0.05, 0) is 30.0 Å². The van der Waals surface area contributed by atoms with E-state index in [1.807, 2.05) is 12.2 Å². The van der Waals surface area contributed by atoms with Crippen LogP contribution in [0.1, 0.15) is 29.5 Å². The van der Waals surface area contributed by atoms with Crippen molar-refractivity contribution in [2.24, 2.45) is 5.92 Å². The minimum atomic E-state index is -0.523. The van der Waals surface area contributed by atoms with Gasteiger partial charge in [0.1, 0.15) is 5.02 Å². The Morgan fingerprint density at radius 2 is 1.70 bits per heavy atom. The van der Waals surface area contributed by atoms with E-state index in [1.54, 1.807) is 6.07 Å². The number of fused-ring (bicyclic) bond motifs is 3. The van der Waals surface area contributed by atoms with Crippen LogP contribution < -0.4 is 5.32 Å². The number of hydrogen-bond donors (Lipinski definition) is 1. The highest BCUT2D eigenvalue weighted by Crippen LogP contribution is 2.54. The summed E-state index contributed by atoms with van der Waals surface area (Å²) >= 11 is 12.3. The highest BCUT2D eigenvalue weighted by Gasteiger charge is 2.42. The SMILES string of the molecule is O=[N+]([O-])c1cc([C@@H]2Nc3c(Cl)ccc([N+](=O)[O-])c3[C@H]3C=CC[C@@H]32)ccc1Cl. The Balaban J connectivity index is 1.86. The molecule has 0 radical (unpaired) electrons. The second-order valence-electron chi connectivity index (χ2n) is 6.56. The molecule has 0 bridgehead atoms. The van der Waals surface area contributed by atoms with Gasteiger partial charge in [-0.15, -0.1) is 0 Å². The third kappa shape index (κ3) is 2.83. The second-order valence-corrected chi connectivity index (χ2v) is 7.37. The highest BCUT2D eigenvalue weighted by molar-refractivity contribution is 6.33. The van der Waals surface area contributed by atoms with Gasteiger partial charge in [0.15, 0.2) is 0 Å². The molecule has 2 aromatic rings. The molecular formula is C18H13Cl2N3O4. The minimum absolute atomic E-state index is 0.0176. The van der Waals surface area contributed by atoms with Crippen LogP contribution in [0.3, 0.4) is 0 Å². The molecule has 1 aliphatic carbocycles. The molecular weight excluding hydrogens is 393 g/mol. The summed E-state index contributed by atoms with van der Waals surface area (Å²) in [5.74, 6) is -0.212. The standard InChI is InChI=1S/C18H13Cl2N3O4/c19-12-5-4-9(8-15(12)23(26)27)17-11-3-1-2-10(11)16-14(22(24)25)7-6-13(20)18(16)21-17/h1-2,4-8,10-11,17,21H,3H2/t10-,11-,17-/m0/s1. The summed E-state index contributed by atoms with van der Waals surface area (Å²) in [7, 11) is 0. The van der Waals surface area contributed by atoms with Gasteiger partial charge in [0, 0.05) is 18.1 Å². The molecule has 0 amide bonds. The van der Waals surface area contributed by atoms with Crippen molar-refractivity contribution in [2.45, 2.75) is 18.4 Å². The molecule has 2 aliphatic rings. The quantitative estimate of drug-likeness (QED) is 0.404.